The topological polar surface area (TPSA) is 95.9 Å². The van der Waals surface area contributed by atoms with E-state index in [4.69, 9.17) is 4.74 Å². The Morgan fingerprint density at radius 2 is 1.81 bits per heavy atom. The Labute approximate surface area is 124 Å². The molecular weight excluding hydrogens is 276 g/mol. The molecule has 0 heterocycles. The van der Waals surface area contributed by atoms with Gasteiger partial charge in [-0.15, -0.1) is 0 Å². The van der Waals surface area contributed by atoms with Crippen LogP contribution >= 0.6 is 0 Å². The van der Waals surface area contributed by atoms with Crippen LogP contribution in [0.2, 0.25) is 0 Å². The van der Waals surface area contributed by atoms with Crippen LogP contribution in [-0.4, -0.2) is 53.2 Å². The molecule has 1 fully saturated rings. The number of nitrogens with zero attached hydrogens (tertiary/aromatic N) is 1. The first-order valence-electron chi connectivity index (χ1n) is 7.41. The van der Waals surface area contributed by atoms with Gasteiger partial charge >= 0.3 is 18.0 Å². The average molecular weight is 300 g/mol. The molecule has 2 amide bonds. The van der Waals surface area contributed by atoms with E-state index < -0.39 is 23.5 Å². The molecule has 0 saturated heterocycles. The highest BCUT2D eigenvalue weighted by Gasteiger charge is 2.41. The van der Waals surface area contributed by atoms with Gasteiger partial charge in [-0.3, -0.25) is 4.79 Å². The number of aliphatic carboxylic acids is 1. The monoisotopic (exact) mass is 300 g/mol. The zero-order valence-corrected chi connectivity index (χ0v) is 12.7. The number of carboxylic acids is 1. The number of rotatable bonds is 6. The Morgan fingerprint density at radius 1 is 1.19 bits per heavy atom. The molecule has 0 aromatic carbocycles. The van der Waals surface area contributed by atoms with Gasteiger partial charge in [0, 0.05) is 6.54 Å². The molecule has 120 valence electrons. The van der Waals surface area contributed by atoms with Gasteiger partial charge in [0.2, 0.25) is 0 Å². The van der Waals surface area contributed by atoms with E-state index in [1.165, 1.54) is 4.90 Å². The molecule has 1 rings (SSSR count). The van der Waals surface area contributed by atoms with Gasteiger partial charge in [-0.2, -0.15) is 0 Å². The average Bonchev–Trinajstić information content (AvgIpc) is 2.45. The normalized spacial score (nSPS) is 16.9. The summed E-state index contributed by atoms with van der Waals surface area (Å²) < 4.78 is 4.81. The maximum absolute atomic E-state index is 12.2. The summed E-state index contributed by atoms with van der Waals surface area (Å²) in [4.78, 5) is 36.5. The molecule has 7 nitrogen and oxygen atoms in total. The van der Waals surface area contributed by atoms with Gasteiger partial charge in [-0.05, 0) is 26.7 Å². The van der Waals surface area contributed by atoms with E-state index in [2.05, 4.69) is 5.32 Å². The van der Waals surface area contributed by atoms with Gasteiger partial charge in [-0.25, -0.2) is 9.59 Å². The fraction of sp³-hybridized carbons (Fsp3) is 0.786. The third kappa shape index (κ3) is 4.61. The number of carbonyl (C=O) groups excluding carboxylic acids is 2. The third-order valence-electron chi connectivity index (χ3n) is 3.76. The molecule has 0 unspecified atom stereocenters. The number of carbonyl (C=O) groups is 3. The smallest absolute Gasteiger partial charge is 0.329 e. The molecule has 2 N–H and O–H groups in total. The number of hydrogen-bond donors (Lipinski definition) is 2. The van der Waals surface area contributed by atoms with Crippen LogP contribution < -0.4 is 5.32 Å². The lowest BCUT2D eigenvalue weighted by atomic mass is 9.82. The summed E-state index contributed by atoms with van der Waals surface area (Å²) in [6.45, 7) is 3.80. The van der Waals surface area contributed by atoms with E-state index in [1.54, 1.807) is 13.8 Å². The van der Waals surface area contributed by atoms with Crippen molar-refractivity contribution in [2.45, 2.75) is 51.5 Å². The molecule has 21 heavy (non-hydrogen) atoms. The van der Waals surface area contributed by atoms with Gasteiger partial charge in [0.05, 0.1) is 6.61 Å². The first kappa shape index (κ1) is 17.3. The number of ether oxygens (including phenoxy) is 1. The second-order valence-electron chi connectivity index (χ2n) is 5.20. The number of amides is 2. The summed E-state index contributed by atoms with van der Waals surface area (Å²) in [5, 5.41) is 12.0. The highest BCUT2D eigenvalue weighted by atomic mass is 16.5. The Kier molecular flexibility index (Phi) is 6.45. The lowest BCUT2D eigenvalue weighted by molar-refractivity contribution is -0.146. The Balaban J connectivity index is 2.70. The van der Waals surface area contributed by atoms with Crippen molar-refractivity contribution in [2.24, 2.45) is 0 Å². The zero-order chi connectivity index (χ0) is 15.9. The molecular formula is C14H24N2O5. The lowest BCUT2D eigenvalue weighted by Gasteiger charge is -2.35. The summed E-state index contributed by atoms with van der Waals surface area (Å²) in [6, 6.07) is -0.533. The van der Waals surface area contributed by atoms with Crippen molar-refractivity contribution in [3.8, 4) is 0 Å². The van der Waals surface area contributed by atoms with E-state index in [1.807, 2.05) is 0 Å². The molecule has 1 saturated carbocycles. The third-order valence-corrected chi connectivity index (χ3v) is 3.76. The molecule has 0 atom stereocenters. The maximum atomic E-state index is 12.2. The van der Waals surface area contributed by atoms with Crippen LogP contribution in [0.1, 0.15) is 46.0 Å². The van der Waals surface area contributed by atoms with Gasteiger partial charge in [0.1, 0.15) is 12.1 Å². The van der Waals surface area contributed by atoms with Crippen LogP contribution in [-0.2, 0) is 14.3 Å². The largest absolute Gasteiger partial charge is 0.480 e. The predicted molar refractivity (Wildman–Crippen MR) is 75.9 cm³/mol. The van der Waals surface area contributed by atoms with E-state index in [9.17, 15) is 19.5 Å². The maximum Gasteiger partial charge on any atom is 0.329 e. The Morgan fingerprint density at radius 3 is 2.29 bits per heavy atom. The fourth-order valence-electron chi connectivity index (χ4n) is 2.52. The van der Waals surface area contributed by atoms with Crippen molar-refractivity contribution in [1.29, 1.82) is 0 Å². The first-order chi connectivity index (χ1) is 9.95. The summed E-state index contributed by atoms with van der Waals surface area (Å²) in [7, 11) is 0. The van der Waals surface area contributed by atoms with Gasteiger partial charge in [0.25, 0.3) is 0 Å². The van der Waals surface area contributed by atoms with Crippen LogP contribution in [0.15, 0.2) is 0 Å². The number of carboxylic acid groups (broad SMARTS) is 1. The second-order valence-corrected chi connectivity index (χ2v) is 5.20. The van der Waals surface area contributed by atoms with E-state index in [-0.39, 0.29) is 13.2 Å². The van der Waals surface area contributed by atoms with Crippen molar-refractivity contribution in [3.05, 3.63) is 0 Å². The minimum atomic E-state index is -1.21. The summed E-state index contributed by atoms with van der Waals surface area (Å²) in [5.74, 6) is -1.51. The number of hydrogen-bond acceptors (Lipinski definition) is 4. The molecule has 0 aromatic heterocycles. The number of urea groups is 1. The summed E-state index contributed by atoms with van der Waals surface area (Å²) >= 11 is 0. The van der Waals surface area contributed by atoms with Gasteiger partial charge in [0.15, 0.2) is 0 Å². The lowest BCUT2D eigenvalue weighted by Crippen LogP contribution is -2.59. The fourth-order valence-corrected chi connectivity index (χ4v) is 2.52. The summed E-state index contributed by atoms with van der Waals surface area (Å²) in [5.41, 5.74) is -1.21. The Hall–Kier alpha value is -1.79. The molecule has 0 radical (unpaired) electrons. The van der Waals surface area contributed by atoms with Crippen LogP contribution in [0.5, 0.6) is 0 Å². The van der Waals surface area contributed by atoms with Crippen LogP contribution in [0.3, 0.4) is 0 Å². The molecule has 1 aliphatic rings. The van der Waals surface area contributed by atoms with Crippen molar-refractivity contribution in [1.82, 2.24) is 10.2 Å². The van der Waals surface area contributed by atoms with Crippen molar-refractivity contribution < 1.29 is 24.2 Å². The molecule has 0 aliphatic heterocycles. The van der Waals surface area contributed by atoms with Crippen LogP contribution in [0.4, 0.5) is 4.79 Å². The standard InChI is InChI=1S/C14H24N2O5/c1-3-16(10-11(17)21-4-2)13(20)15-14(12(18)19)8-6-5-7-9-14/h3-10H2,1-2H3,(H,15,20)(H,18,19). The van der Waals surface area contributed by atoms with Crippen molar-refractivity contribution in [3.63, 3.8) is 0 Å². The van der Waals surface area contributed by atoms with E-state index >= 15 is 0 Å². The van der Waals surface area contributed by atoms with Crippen LogP contribution in [0, 0.1) is 0 Å². The second kappa shape index (κ2) is 7.85. The molecule has 0 aromatic rings. The number of nitrogens with one attached hydrogen (secondary N) is 1. The van der Waals surface area contributed by atoms with E-state index in [0.29, 0.717) is 19.4 Å². The molecule has 7 heteroatoms. The van der Waals surface area contributed by atoms with Gasteiger partial charge in [-0.1, -0.05) is 19.3 Å². The van der Waals surface area contributed by atoms with Crippen molar-refractivity contribution in [2.75, 3.05) is 19.7 Å². The quantitative estimate of drug-likeness (QED) is 0.722. The summed E-state index contributed by atoms with van der Waals surface area (Å²) in [6.07, 6.45) is 3.37. The van der Waals surface area contributed by atoms with E-state index in [0.717, 1.165) is 19.3 Å². The van der Waals surface area contributed by atoms with Crippen molar-refractivity contribution >= 4 is 18.0 Å². The minimum absolute atomic E-state index is 0.175. The van der Waals surface area contributed by atoms with Gasteiger partial charge < -0.3 is 20.1 Å². The highest BCUT2D eigenvalue weighted by Crippen LogP contribution is 2.28. The Bertz CT molecular complexity index is 391. The molecule has 0 bridgehead atoms. The molecule has 0 spiro atoms. The number of likely N-dealkylation sites (N-methyl/N-ethyl adjacent to an activating group) is 1. The molecule has 1 aliphatic carbocycles. The number of esters is 1. The highest BCUT2D eigenvalue weighted by molar-refractivity contribution is 5.88. The minimum Gasteiger partial charge on any atom is -0.480 e. The predicted octanol–water partition coefficient (Wildman–Crippen LogP) is 1.37. The zero-order valence-electron chi connectivity index (χ0n) is 12.7. The van der Waals surface area contributed by atoms with Crippen LogP contribution in [0.25, 0.3) is 0 Å². The SMILES string of the molecule is CCOC(=O)CN(CC)C(=O)NC1(C(=O)O)CCCCC1. The first-order valence-corrected chi connectivity index (χ1v) is 7.41.